The van der Waals surface area contributed by atoms with Gasteiger partial charge in [0.25, 0.3) is 0 Å². The molecule has 0 aliphatic heterocycles. The van der Waals surface area contributed by atoms with Gasteiger partial charge < -0.3 is 14.6 Å². The molecule has 0 saturated heterocycles. The highest BCUT2D eigenvalue weighted by atomic mass is 19.1. The number of para-hydroxylation sites is 2. The molecule has 1 amide bonds. The second-order valence-corrected chi connectivity index (χ2v) is 5.24. The number of methoxy groups -OCH3 is 1. The van der Waals surface area contributed by atoms with E-state index in [0.29, 0.717) is 34.2 Å². The number of anilines is 1. The van der Waals surface area contributed by atoms with Crippen molar-refractivity contribution in [3.05, 3.63) is 60.0 Å². The van der Waals surface area contributed by atoms with Crippen molar-refractivity contribution in [3.63, 3.8) is 0 Å². The van der Waals surface area contributed by atoms with E-state index in [-0.39, 0.29) is 12.5 Å². The van der Waals surface area contributed by atoms with Gasteiger partial charge in [0.2, 0.25) is 5.91 Å². The molecule has 0 atom stereocenters. The summed E-state index contributed by atoms with van der Waals surface area (Å²) in [4.78, 5) is 23.5. The molecule has 1 N–H and O–H groups in total. The van der Waals surface area contributed by atoms with Gasteiger partial charge in [-0.1, -0.05) is 12.1 Å². The van der Waals surface area contributed by atoms with Crippen molar-refractivity contribution in [2.24, 2.45) is 0 Å². The predicted molar refractivity (Wildman–Crippen MR) is 88.9 cm³/mol. The van der Waals surface area contributed by atoms with E-state index < -0.39 is 5.82 Å². The topological polar surface area (TPSA) is 60.3 Å². The number of nitrogens with zero attached hydrogens (tertiary/aromatic N) is 1. The minimum absolute atomic E-state index is 0.00593. The van der Waals surface area contributed by atoms with Crippen molar-refractivity contribution >= 4 is 28.8 Å². The monoisotopic (exact) mass is 326 g/mol. The lowest BCUT2D eigenvalue weighted by Crippen LogP contribution is -2.18. The number of hydrogen-bond acceptors (Lipinski definition) is 3. The Labute approximate surface area is 137 Å². The van der Waals surface area contributed by atoms with E-state index in [2.05, 4.69) is 5.32 Å². The Morgan fingerprint density at radius 3 is 2.83 bits per heavy atom. The summed E-state index contributed by atoms with van der Waals surface area (Å²) in [5, 5.41) is 3.25. The van der Waals surface area contributed by atoms with Crippen LogP contribution in [0.5, 0.6) is 5.75 Å². The number of carbonyl (C=O) groups excluding carboxylic acids is 2. The number of hydrogen-bond donors (Lipinski definition) is 1. The quantitative estimate of drug-likeness (QED) is 0.732. The number of rotatable bonds is 5. The number of aldehydes is 1. The van der Waals surface area contributed by atoms with Crippen molar-refractivity contribution in [2.75, 3.05) is 12.4 Å². The maximum absolute atomic E-state index is 13.4. The van der Waals surface area contributed by atoms with Crippen LogP contribution in [0, 0.1) is 5.82 Å². The molecule has 122 valence electrons. The summed E-state index contributed by atoms with van der Waals surface area (Å²) >= 11 is 0. The van der Waals surface area contributed by atoms with Crippen molar-refractivity contribution < 1.29 is 18.7 Å². The summed E-state index contributed by atoms with van der Waals surface area (Å²) in [6, 6.07) is 11.2. The molecule has 0 bridgehead atoms. The third-order valence-electron chi connectivity index (χ3n) is 3.70. The summed E-state index contributed by atoms with van der Waals surface area (Å²) in [7, 11) is 1.52. The number of nitrogens with one attached hydrogen (secondary N) is 1. The van der Waals surface area contributed by atoms with Gasteiger partial charge in [0.1, 0.15) is 18.1 Å². The number of amides is 1. The predicted octanol–water partition coefficient (Wildman–Crippen LogP) is 3.24. The maximum Gasteiger partial charge on any atom is 0.244 e. The van der Waals surface area contributed by atoms with Crippen LogP contribution in [0.1, 0.15) is 10.4 Å². The largest absolute Gasteiger partial charge is 0.495 e. The molecule has 0 spiro atoms. The molecular weight excluding hydrogens is 311 g/mol. The van der Waals surface area contributed by atoms with E-state index in [1.807, 2.05) is 0 Å². The zero-order valence-electron chi connectivity index (χ0n) is 13.0. The normalized spacial score (nSPS) is 10.6. The lowest BCUT2D eigenvalue weighted by atomic mass is 10.2. The van der Waals surface area contributed by atoms with Gasteiger partial charge in [-0.2, -0.15) is 0 Å². The molecule has 6 heteroatoms. The molecule has 1 aromatic heterocycles. The summed E-state index contributed by atoms with van der Waals surface area (Å²) in [6.07, 6.45) is 2.19. The van der Waals surface area contributed by atoms with Crippen LogP contribution in [0.3, 0.4) is 0 Å². The van der Waals surface area contributed by atoms with Crippen molar-refractivity contribution in [1.29, 1.82) is 0 Å². The van der Waals surface area contributed by atoms with Gasteiger partial charge in [0.05, 0.1) is 12.8 Å². The first-order valence-electron chi connectivity index (χ1n) is 7.29. The number of fused-ring (bicyclic) bond motifs is 1. The molecule has 0 fully saturated rings. The summed E-state index contributed by atoms with van der Waals surface area (Å²) in [5.74, 6) is -0.154. The Bertz CT molecular complexity index is 918. The van der Waals surface area contributed by atoms with Crippen LogP contribution in [-0.4, -0.2) is 23.9 Å². The number of carbonyl (C=O) groups is 2. The Morgan fingerprint density at radius 2 is 2.08 bits per heavy atom. The average Bonchev–Trinajstić information content (AvgIpc) is 2.92. The van der Waals surface area contributed by atoms with Gasteiger partial charge in [-0.25, -0.2) is 4.39 Å². The van der Waals surface area contributed by atoms with Crippen LogP contribution in [0.2, 0.25) is 0 Å². The highest BCUT2D eigenvalue weighted by Crippen LogP contribution is 2.24. The minimum Gasteiger partial charge on any atom is -0.495 e. The standard InChI is InChI=1S/C18H15FN2O3/c1-24-17-5-3-2-4-15(17)20-18(23)10-21-9-12(11-22)14-8-13(19)6-7-16(14)21/h2-9,11H,10H2,1H3,(H,20,23). The average molecular weight is 326 g/mol. The van der Waals surface area contributed by atoms with E-state index in [0.717, 1.165) is 0 Å². The smallest absolute Gasteiger partial charge is 0.244 e. The van der Waals surface area contributed by atoms with E-state index in [9.17, 15) is 14.0 Å². The maximum atomic E-state index is 13.4. The molecular formula is C18H15FN2O3. The summed E-state index contributed by atoms with van der Waals surface area (Å²) < 4.78 is 20.2. The molecule has 0 unspecified atom stereocenters. The molecule has 5 nitrogen and oxygen atoms in total. The number of aromatic nitrogens is 1. The second kappa shape index (κ2) is 6.54. The third kappa shape index (κ3) is 2.99. The highest BCUT2D eigenvalue weighted by Gasteiger charge is 2.13. The Morgan fingerprint density at radius 1 is 1.29 bits per heavy atom. The molecule has 3 aromatic rings. The molecule has 3 rings (SSSR count). The first-order chi connectivity index (χ1) is 11.6. The number of benzene rings is 2. The van der Waals surface area contributed by atoms with E-state index in [4.69, 9.17) is 4.74 Å². The van der Waals surface area contributed by atoms with Crippen molar-refractivity contribution in [2.45, 2.75) is 6.54 Å². The molecule has 1 heterocycles. The van der Waals surface area contributed by atoms with Crippen LogP contribution >= 0.6 is 0 Å². The Hall–Kier alpha value is -3.15. The fourth-order valence-corrected chi connectivity index (χ4v) is 2.61. The number of ether oxygens (including phenoxy) is 1. The lowest BCUT2D eigenvalue weighted by molar-refractivity contribution is -0.116. The highest BCUT2D eigenvalue weighted by molar-refractivity contribution is 5.99. The summed E-state index contributed by atoms with van der Waals surface area (Å²) in [5.41, 5.74) is 1.52. The Kier molecular flexibility index (Phi) is 4.29. The van der Waals surface area contributed by atoms with Crippen LogP contribution in [0.4, 0.5) is 10.1 Å². The van der Waals surface area contributed by atoms with Crippen LogP contribution in [0.25, 0.3) is 10.9 Å². The van der Waals surface area contributed by atoms with Gasteiger partial charge >= 0.3 is 0 Å². The minimum atomic E-state index is -0.429. The van der Waals surface area contributed by atoms with Crippen molar-refractivity contribution in [1.82, 2.24) is 4.57 Å². The molecule has 0 aliphatic carbocycles. The molecule has 0 saturated carbocycles. The SMILES string of the molecule is COc1ccccc1NC(=O)Cn1cc(C=O)c2cc(F)ccc21. The van der Waals surface area contributed by atoms with Gasteiger partial charge in [0, 0.05) is 22.7 Å². The third-order valence-corrected chi connectivity index (χ3v) is 3.70. The molecule has 2 aromatic carbocycles. The zero-order chi connectivity index (χ0) is 17.1. The van der Waals surface area contributed by atoms with Gasteiger partial charge in [-0.3, -0.25) is 9.59 Å². The van der Waals surface area contributed by atoms with Crippen LogP contribution in [-0.2, 0) is 11.3 Å². The van der Waals surface area contributed by atoms with Gasteiger partial charge in [0.15, 0.2) is 6.29 Å². The van der Waals surface area contributed by atoms with Gasteiger partial charge in [-0.05, 0) is 30.3 Å². The fraction of sp³-hybridized carbons (Fsp3) is 0.111. The van der Waals surface area contributed by atoms with E-state index in [1.165, 1.54) is 19.2 Å². The van der Waals surface area contributed by atoms with Crippen LogP contribution < -0.4 is 10.1 Å². The first kappa shape index (κ1) is 15.7. The number of halogens is 1. The van der Waals surface area contributed by atoms with E-state index >= 15 is 0 Å². The molecule has 0 aliphatic rings. The van der Waals surface area contributed by atoms with Crippen molar-refractivity contribution in [3.8, 4) is 5.75 Å². The second-order valence-electron chi connectivity index (χ2n) is 5.24. The lowest BCUT2D eigenvalue weighted by Gasteiger charge is -2.10. The van der Waals surface area contributed by atoms with E-state index in [1.54, 1.807) is 41.1 Å². The zero-order valence-corrected chi connectivity index (χ0v) is 13.0. The molecule has 0 radical (unpaired) electrons. The first-order valence-corrected chi connectivity index (χ1v) is 7.29. The molecule has 24 heavy (non-hydrogen) atoms. The summed E-state index contributed by atoms with van der Waals surface area (Å²) in [6.45, 7) is -0.00593. The van der Waals surface area contributed by atoms with Crippen LogP contribution in [0.15, 0.2) is 48.7 Å². The fourth-order valence-electron chi connectivity index (χ4n) is 2.61. The van der Waals surface area contributed by atoms with Gasteiger partial charge in [-0.15, -0.1) is 0 Å². The Balaban J connectivity index is 1.87.